The largest absolute Gasteiger partial charge is 0.399 e. The van der Waals surface area contributed by atoms with Gasteiger partial charge in [-0.25, -0.2) is 0 Å². The van der Waals surface area contributed by atoms with E-state index in [0.29, 0.717) is 0 Å². The van der Waals surface area contributed by atoms with Gasteiger partial charge >= 0.3 is 0 Å². The first kappa shape index (κ1) is 16.1. The molecular formula is C17H25N3. The van der Waals surface area contributed by atoms with Crippen molar-refractivity contribution in [2.75, 3.05) is 25.1 Å². The Morgan fingerprint density at radius 2 is 1.75 bits per heavy atom. The Morgan fingerprint density at radius 1 is 1.05 bits per heavy atom. The van der Waals surface area contributed by atoms with Crippen molar-refractivity contribution in [1.82, 2.24) is 4.90 Å². The lowest BCUT2D eigenvalue weighted by Gasteiger charge is -2.17. The van der Waals surface area contributed by atoms with Crippen LogP contribution in [0.3, 0.4) is 0 Å². The zero-order valence-electron chi connectivity index (χ0n) is 11.8. The van der Waals surface area contributed by atoms with E-state index in [1.807, 2.05) is 30.3 Å². The molecule has 0 aliphatic heterocycles. The summed E-state index contributed by atoms with van der Waals surface area (Å²) < 4.78 is 0. The van der Waals surface area contributed by atoms with Gasteiger partial charge in [0.25, 0.3) is 0 Å². The number of benzene rings is 2. The third-order valence-electron chi connectivity index (χ3n) is 3.03. The fraction of sp³-hybridized carbons (Fsp3) is 0.294. The number of aryl methyl sites for hydroxylation is 1. The minimum atomic E-state index is 0. The van der Waals surface area contributed by atoms with Crippen molar-refractivity contribution in [1.29, 1.82) is 0 Å². The number of nitrogens with two attached hydrogens (primary N) is 1. The molecule has 2 aromatic carbocycles. The number of anilines is 3. The molecule has 0 radical (unpaired) electrons. The van der Waals surface area contributed by atoms with Crippen LogP contribution in [0.15, 0.2) is 42.5 Å². The molecule has 108 valence electrons. The fourth-order valence-corrected chi connectivity index (χ4v) is 2.07. The molecule has 3 nitrogen and oxygen atoms in total. The standard InChI is InChI=1S/C16H21N3.CH4/c1-12-6-4-5-7-15(12)18-16-9-8-14(17)10-13(16)11-19(2)3;/h4-10,18H,11,17H2,1-3H3;1H4. The number of hydrogen-bond acceptors (Lipinski definition) is 3. The number of nitrogens with zero attached hydrogens (tertiary/aromatic N) is 1. The van der Waals surface area contributed by atoms with E-state index < -0.39 is 0 Å². The summed E-state index contributed by atoms with van der Waals surface area (Å²) in [5, 5.41) is 3.49. The third kappa shape index (κ3) is 4.00. The summed E-state index contributed by atoms with van der Waals surface area (Å²) in [6, 6.07) is 14.3. The zero-order valence-corrected chi connectivity index (χ0v) is 11.8. The maximum atomic E-state index is 5.88. The van der Waals surface area contributed by atoms with Crippen LogP contribution in [0.1, 0.15) is 18.6 Å². The Balaban J connectivity index is 0.00000200. The molecule has 0 heterocycles. The molecule has 0 spiro atoms. The van der Waals surface area contributed by atoms with Crippen LogP contribution in [-0.2, 0) is 6.54 Å². The molecule has 2 rings (SSSR count). The zero-order chi connectivity index (χ0) is 13.8. The molecule has 0 amide bonds. The Bertz CT molecular complexity index is 562. The Hall–Kier alpha value is -2.00. The molecule has 0 aliphatic carbocycles. The Labute approximate surface area is 122 Å². The molecule has 0 bridgehead atoms. The first-order valence-electron chi connectivity index (χ1n) is 6.42. The summed E-state index contributed by atoms with van der Waals surface area (Å²) in [6.45, 7) is 2.96. The van der Waals surface area contributed by atoms with Crippen molar-refractivity contribution in [2.24, 2.45) is 0 Å². The van der Waals surface area contributed by atoms with Gasteiger partial charge in [0, 0.05) is 23.6 Å². The quantitative estimate of drug-likeness (QED) is 0.825. The molecule has 0 atom stereocenters. The van der Waals surface area contributed by atoms with E-state index in [0.717, 1.165) is 23.6 Å². The van der Waals surface area contributed by atoms with Crippen molar-refractivity contribution in [3.63, 3.8) is 0 Å². The highest BCUT2D eigenvalue weighted by Gasteiger charge is 2.06. The van der Waals surface area contributed by atoms with Gasteiger partial charge in [0.05, 0.1) is 0 Å². The molecule has 0 saturated heterocycles. The highest BCUT2D eigenvalue weighted by atomic mass is 15.1. The van der Waals surface area contributed by atoms with Crippen LogP contribution in [0.4, 0.5) is 17.1 Å². The second-order valence-electron chi connectivity index (χ2n) is 5.09. The van der Waals surface area contributed by atoms with E-state index >= 15 is 0 Å². The fourth-order valence-electron chi connectivity index (χ4n) is 2.07. The van der Waals surface area contributed by atoms with Gasteiger partial charge < -0.3 is 16.0 Å². The molecule has 0 unspecified atom stereocenters. The van der Waals surface area contributed by atoms with E-state index in [2.05, 4.69) is 43.4 Å². The minimum Gasteiger partial charge on any atom is -0.399 e. The molecule has 20 heavy (non-hydrogen) atoms. The summed E-state index contributed by atoms with van der Waals surface area (Å²) in [7, 11) is 4.11. The first-order valence-corrected chi connectivity index (χ1v) is 6.42. The van der Waals surface area contributed by atoms with E-state index in [1.54, 1.807) is 0 Å². The normalized spacial score (nSPS) is 10.2. The van der Waals surface area contributed by atoms with Gasteiger partial charge in [0.1, 0.15) is 0 Å². The smallest absolute Gasteiger partial charge is 0.0431 e. The number of nitrogen functional groups attached to an aromatic ring is 1. The summed E-state index contributed by atoms with van der Waals surface area (Å²) in [5.74, 6) is 0. The van der Waals surface area contributed by atoms with Gasteiger partial charge in [0.15, 0.2) is 0 Å². The maximum absolute atomic E-state index is 5.88. The predicted octanol–water partition coefficient (Wildman–Crippen LogP) is 4.02. The molecule has 0 fully saturated rings. The van der Waals surface area contributed by atoms with Gasteiger partial charge in [-0.3, -0.25) is 0 Å². The second-order valence-corrected chi connectivity index (χ2v) is 5.09. The molecule has 3 N–H and O–H groups in total. The van der Waals surface area contributed by atoms with Gasteiger partial charge in [0.2, 0.25) is 0 Å². The lowest BCUT2D eigenvalue weighted by molar-refractivity contribution is 0.403. The van der Waals surface area contributed by atoms with Gasteiger partial charge in [-0.2, -0.15) is 0 Å². The number of para-hydroxylation sites is 1. The molecule has 3 heteroatoms. The number of rotatable bonds is 4. The Kier molecular flexibility index (Phi) is 5.59. The lowest BCUT2D eigenvalue weighted by Crippen LogP contribution is -2.12. The Morgan fingerprint density at radius 3 is 2.40 bits per heavy atom. The molecule has 2 aromatic rings. The van der Waals surface area contributed by atoms with Crippen LogP contribution < -0.4 is 11.1 Å². The summed E-state index contributed by atoms with van der Waals surface area (Å²) in [5.41, 5.74) is 11.4. The van der Waals surface area contributed by atoms with Crippen molar-refractivity contribution in [3.05, 3.63) is 53.6 Å². The van der Waals surface area contributed by atoms with E-state index in [-0.39, 0.29) is 7.43 Å². The molecule has 0 aliphatic rings. The van der Waals surface area contributed by atoms with Crippen LogP contribution in [0.5, 0.6) is 0 Å². The second kappa shape index (κ2) is 6.96. The highest BCUT2D eigenvalue weighted by Crippen LogP contribution is 2.25. The van der Waals surface area contributed by atoms with Crippen LogP contribution in [0, 0.1) is 6.92 Å². The summed E-state index contributed by atoms with van der Waals surface area (Å²) in [4.78, 5) is 2.14. The third-order valence-corrected chi connectivity index (χ3v) is 3.03. The highest BCUT2D eigenvalue weighted by molar-refractivity contribution is 5.68. The average molecular weight is 271 g/mol. The van der Waals surface area contributed by atoms with Gasteiger partial charge in [-0.15, -0.1) is 0 Å². The summed E-state index contributed by atoms with van der Waals surface area (Å²) >= 11 is 0. The summed E-state index contributed by atoms with van der Waals surface area (Å²) in [6.07, 6.45) is 0. The lowest BCUT2D eigenvalue weighted by atomic mass is 10.1. The topological polar surface area (TPSA) is 41.3 Å². The van der Waals surface area contributed by atoms with Gasteiger partial charge in [-0.1, -0.05) is 25.6 Å². The van der Waals surface area contributed by atoms with E-state index in [4.69, 9.17) is 5.73 Å². The monoisotopic (exact) mass is 271 g/mol. The van der Waals surface area contributed by atoms with Gasteiger partial charge in [-0.05, 0) is 56.4 Å². The average Bonchev–Trinajstić information content (AvgIpc) is 2.34. The van der Waals surface area contributed by atoms with Crippen LogP contribution >= 0.6 is 0 Å². The number of hydrogen-bond donors (Lipinski definition) is 2. The van der Waals surface area contributed by atoms with Crippen LogP contribution in [0.25, 0.3) is 0 Å². The van der Waals surface area contributed by atoms with E-state index in [9.17, 15) is 0 Å². The van der Waals surface area contributed by atoms with E-state index in [1.165, 1.54) is 11.1 Å². The molecule has 0 saturated carbocycles. The minimum absolute atomic E-state index is 0. The molecule has 0 aromatic heterocycles. The van der Waals surface area contributed by atoms with Crippen molar-refractivity contribution in [2.45, 2.75) is 20.9 Å². The van der Waals surface area contributed by atoms with Crippen molar-refractivity contribution < 1.29 is 0 Å². The molecular weight excluding hydrogens is 246 g/mol. The number of nitrogens with one attached hydrogen (secondary N) is 1. The van der Waals surface area contributed by atoms with Crippen LogP contribution in [0.2, 0.25) is 0 Å². The van der Waals surface area contributed by atoms with Crippen LogP contribution in [-0.4, -0.2) is 19.0 Å². The van der Waals surface area contributed by atoms with Crippen molar-refractivity contribution in [3.8, 4) is 0 Å². The van der Waals surface area contributed by atoms with Crippen molar-refractivity contribution >= 4 is 17.1 Å². The SMILES string of the molecule is C.Cc1ccccc1Nc1ccc(N)cc1CN(C)C. The first-order chi connectivity index (χ1) is 9.06. The maximum Gasteiger partial charge on any atom is 0.0431 e. The predicted molar refractivity (Wildman–Crippen MR) is 89.4 cm³/mol.